The van der Waals surface area contributed by atoms with Gasteiger partial charge in [-0.2, -0.15) is 11.8 Å². The molecule has 0 aromatic carbocycles. The molecule has 1 heterocycles. The Labute approximate surface area is 80.2 Å². The van der Waals surface area contributed by atoms with E-state index in [9.17, 15) is 0 Å². The summed E-state index contributed by atoms with van der Waals surface area (Å²) in [5.74, 6) is 2.77. The maximum absolute atomic E-state index is 5.64. The molecule has 1 aromatic heterocycles. The van der Waals surface area contributed by atoms with Crippen LogP contribution in [0.4, 0.5) is 0 Å². The number of hydrogen-bond acceptors (Lipinski definition) is 3. The highest BCUT2D eigenvalue weighted by Crippen LogP contribution is 2.19. The van der Waals surface area contributed by atoms with E-state index in [4.69, 9.17) is 11.6 Å². The molecule has 0 atom stereocenters. The summed E-state index contributed by atoms with van der Waals surface area (Å²) in [7, 11) is 0. The van der Waals surface area contributed by atoms with Crippen LogP contribution in [0.3, 0.4) is 0 Å². The minimum Gasteiger partial charge on any atom is -0.248 e. The first kappa shape index (κ1) is 9.36. The van der Waals surface area contributed by atoms with E-state index >= 15 is 0 Å². The van der Waals surface area contributed by atoms with E-state index in [0.29, 0.717) is 5.88 Å². The summed E-state index contributed by atoms with van der Waals surface area (Å²) in [6, 6.07) is 0. The van der Waals surface area contributed by atoms with Gasteiger partial charge in [-0.25, -0.2) is 4.98 Å². The van der Waals surface area contributed by atoms with Crippen molar-refractivity contribution in [2.75, 3.05) is 5.75 Å². The lowest BCUT2D eigenvalue weighted by Gasteiger charge is -1.90. The molecule has 0 amide bonds. The van der Waals surface area contributed by atoms with E-state index in [1.807, 2.05) is 18.0 Å². The van der Waals surface area contributed by atoms with E-state index in [1.54, 1.807) is 11.3 Å². The molecule has 1 rings (SSSR count). The predicted octanol–water partition coefficient (Wildman–Crippen LogP) is 3.14. The fourth-order valence-corrected chi connectivity index (χ4v) is 2.41. The third-order valence-corrected chi connectivity index (χ3v) is 3.68. The quantitative estimate of drug-likeness (QED) is 0.704. The van der Waals surface area contributed by atoms with E-state index in [2.05, 4.69) is 11.9 Å². The van der Waals surface area contributed by atoms with Crippen LogP contribution in [0.15, 0.2) is 6.20 Å². The van der Waals surface area contributed by atoms with Gasteiger partial charge in [0.25, 0.3) is 0 Å². The third kappa shape index (κ3) is 3.01. The van der Waals surface area contributed by atoms with Crippen LogP contribution in [-0.2, 0) is 11.6 Å². The summed E-state index contributed by atoms with van der Waals surface area (Å²) in [5.41, 5.74) is 0. The summed E-state index contributed by atoms with van der Waals surface area (Å²) >= 11 is 9.24. The first-order valence-electron chi connectivity index (χ1n) is 3.44. The van der Waals surface area contributed by atoms with Gasteiger partial charge in [0.05, 0.1) is 5.88 Å². The van der Waals surface area contributed by atoms with Gasteiger partial charge in [0.1, 0.15) is 5.01 Å². The van der Waals surface area contributed by atoms with Gasteiger partial charge >= 0.3 is 0 Å². The Bertz CT molecular complexity index is 212. The fourth-order valence-electron chi connectivity index (χ4n) is 0.666. The van der Waals surface area contributed by atoms with E-state index < -0.39 is 0 Å². The summed E-state index contributed by atoms with van der Waals surface area (Å²) in [4.78, 5) is 5.40. The van der Waals surface area contributed by atoms with Gasteiger partial charge in [0, 0.05) is 16.8 Å². The third-order valence-electron chi connectivity index (χ3n) is 1.16. The largest absolute Gasteiger partial charge is 0.248 e. The molecule has 0 fully saturated rings. The molecule has 0 aliphatic rings. The SMILES string of the molecule is CCSCc1ncc(CCl)s1. The molecular weight excluding hydrogens is 198 g/mol. The molecule has 62 valence electrons. The Balaban J connectivity index is 2.44. The number of alkyl halides is 1. The van der Waals surface area contributed by atoms with Crippen LogP contribution in [0.1, 0.15) is 16.8 Å². The Kier molecular flexibility index (Phi) is 4.26. The Morgan fingerprint density at radius 2 is 2.55 bits per heavy atom. The van der Waals surface area contributed by atoms with Crippen LogP contribution in [0.5, 0.6) is 0 Å². The van der Waals surface area contributed by atoms with Crippen molar-refractivity contribution in [1.82, 2.24) is 4.98 Å². The van der Waals surface area contributed by atoms with Gasteiger partial charge in [-0.15, -0.1) is 22.9 Å². The topological polar surface area (TPSA) is 12.9 Å². The number of thioether (sulfide) groups is 1. The Morgan fingerprint density at radius 3 is 3.09 bits per heavy atom. The molecule has 0 unspecified atom stereocenters. The number of hydrogen-bond donors (Lipinski definition) is 0. The van der Waals surface area contributed by atoms with Gasteiger partial charge in [0.15, 0.2) is 0 Å². The molecule has 11 heavy (non-hydrogen) atoms. The molecular formula is C7H10ClNS2. The maximum Gasteiger partial charge on any atom is 0.103 e. The van der Waals surface area contributed by atoms with E-state index in [-0.39, 0.29) is 0 Å². The standard InChI is InChI=1S/C7H10ClNS2/c1-2-10-5-7-9-4-6(3-8)11-7/h4H,2-3,5H2,1H3. The van der Waals surface area contributed by atoms with Gasteiger partial charge in [-0.3, -0.25) is 0 Å². The van der Waals surface area contributed by atoms with Crippen LogP contribution in [0.2, 0.25) is 0 Å². The molecule has 0 radical (unpaired) electrons. The van der Waals surface area contributed by atoms with Crippen molar-refractivity contribution in [3.63, 3.8) is 0 Å². The second kappa shape index (κ2) is 5.01. The number of rotatable bonds is 4. The van der Waals surface area contributed by atoms with Gasteiger partial charge in [-0.1, -0.05) is 6.92 Å². The van der Waals surface area contributed by atoms with Crippen molar-refractivity contribution < 1.29 is 0 Å². The lowest BCUT2D eigenvalue weighted by Crippen LogP contribution is -1.75. The second-order valence-corrected chi connectivity index (χ2v) is 4.73. The molecule has 0 aliphatic heterocycles. The fraction of sp³-hybridized carbons (Fsp3) is 0.571. The Morgan fingerprint density at radius 1 is 1.73 bits per heavy atom. The average Bonchev–Trinajstić information content (AvgIpc) is 2.48. The van der Waals surface area contributed by atoms with Crippen molar-refractivity contribution >= 4 is 34.7 Å². The zero-order chi connectivity index (χ0) is 8.10. The summed E-state index contributed by atoms with van der Waals surface area (Å²) in [6.07, 6.45) is 1.86. The lowest BCUT2D eigenvalue weighted by molar-refractivity contribution is 1.25. The first-order chi connectivity index (χ1) is 5.36. The molecule has 0 bridgehead atoms. The van der Waals surface area contributed by atoms with Crippen LogP contribution < -0.4 is 0 Å². The van der Waals surface area contributed by atoms with Crippen LogP contribution in [0.25, 0.3) is 0 Å². The molecule has 0 spiro atoms. The van der Waals surface area contributed by atoms with Crippen molar-refractivity contribution in [2.45, 2.75) is 18.6 Å². The molecule has 0 saturated heterocycles. The molecule has 4 heteroatoms. The summed E-state index contributed by atoms with van der Waals surface area (Å²) in [5, 5.41) is 1.19. The van der Waals surface area contributed by atoms with Gasteiger partial charge in [0.2, 0.25) is 0 Å². The zero-order valence-corrected chi connectivity index (χ0v) is 8.73. The molecule has 1 nitrogen and oxygen atoms in total. The van der Waals surface area contributed by atoms with Gasteiger partial charge < -0.3 is 0 Å². The monoisotopic (exact) mass is 207 g/mol. The molecule has 1 aromatic rings. The lowest BCUT2D eigenvalue weighted by atomic mass is 10.6. The molecule has 0 aliphatic carbocycles. The summed E-state index contributed by atoms with van der Waals surface area (Å²) < 4.78 is 0. The number of thiazole rings is 1. The van der Waals surface area contributed by atoms with E-state index in [1.165, 1.54) is 9.88 Å². The highest BCUT2D eigenvalue weighted by Gasteiger charge is 1.99. The number of aromatic nitrogens is 1. The van der Waals surface area contributed by atoms with E-state index in [0.717, 1.165) is 11.5 Å². The normalized spacial score (nSPS) is 10.4. The smallest absolute Gasteiger partial charge is 0.103 e. The minimum absolute atomic E-state index is 0.592. The average molecular weight is 208 g/mol. The van der Waals surface area contributed by atoms with Crippen LogP contribution >= 0.6 is 34.7 Å². The highest BCUT2D eigenvalue weighted by atomic mass is 35.5. The first-order valence-corrected chi connectivity index (χ1v) is 5.94. The van der Waals surface area contributed by atoms with Crippen LogP contribution in [-0.4, -0.2) is 10.7 Å². The van der Waals surface area contributed by atoms with Crippen molar-refractivity contribution in [3.8, 4) is 0 Å². The number of nitrogens with zero attached hydrogens (tertiary/aromatic N) is 1. The van der Waals surface area contributed by atoms with Crippen molar-refractivity contribution in [3.05, 3.63) is 16.1 Å². The van der Waals surface area contributed by atoms with Crippen molar-refractivity contribution in [2.24, 2.45) is 0 Å². The zero-order valence-electron chi connectivity index (χ0n) is 6.34. The summed E-state index contributed by atoms with van der Waals surface area (Å²) in [6.45, 7) is 2.15. The second-order valence-electron chi connectivity index (χ2n) is 1.99. The van der Waals surface area contributed by atoms with Crippen molar-refractivity contribution in [1.29, 1.82) is 0 Å². The van der Waals surface area contributed by atoms with Crippen LogP contribution in [0, 0.1) is 0 Å². The Hall–Kier alpha value is 0.270. The molecule has 0 N–H and O–H groups in total. The highest BCUT2D eigenvalue weighted by molar-refractivity contribution is 7.98. The minimum atomic E-state index is 0.592. The maximum atomic E-state index is 5.64. The molecule has 0 saturated carbocycles. The van der Waals surface area contributed by atoms with Gasteiger partial charge in [-0.05, 0) is 5.75 Å². The number of halogens is 1. The predicted molar refractivity (Wildman–Crippen MR) is 53.5 cm³/mol.